The summed E-state index contributed by atoms with van der Waals surface area (Å²) in [7, 11) is -4.32. The van der Waals surface area contributed by atoms with Gasteiger partial charge in [-0.2, -0.15) is 4.39 Å². The Bertz CT molecular complexity index is 751. The van der Waals surface area contributed by atoms with Gasteiger partial charge in [0.15, 0.2) is 4.90 Å². The van der Waals surface area contributed by atoms with Gasteiger partial charge in [0, 0.05) is 0 Å². The van der Waals surface area contributed by atoms with Crippen LogP contribution >= 0.6 is 0 Å². The first-order valence-electron chi connectivity index (χ1n) is 5.12. The highest BCUT2D eigenvalue weighted by Crippen LogP contribution is 2.27. The number of aromatic nitrogens is 2. The van der Waals surface area contributed by atoms with Crippen molar-refractivity contribution in [3.63, 3.8) is 0 Å². The highest BCUT2D eigenvalue weighted by molar-refractivity contribution is 7.92. The molecule has 0 aliphatic carbocycles. The van der Waals surface area contributed by atoms with Gasteiger partial charge in [0.05, 0.1) is 23.0 Å². The van der Waals surface area contributed by atoms with E-state index in [4.69, 9.17) is 0 Å². The fourth-order valence-corrected chi connectivity index (χ4v) is 2.66. The largest absolute Gasteiger partial charge is 0.325 e. The molecular weight excluding hydrogens is 291 g/mol. The molecule has 20 heavy (non-hydrogen) atoms. The third-order valence-electron chi connectivity index (χ3n) is 2.23. The second kappa shape index (κ2) is 5.17. The second-order valence-electron chi connectivity index (χ2n) is 3.58. The zero-order chi connectivity index (χ0) is 14.8. The number of para-hydroxylation sites is 1. The standard InChI is InChI=1S/C10H7FN4O4S/c11-8-2-1-3-9(10(8)15(16)17)20(18,19)14-7-4-12-6-13-5-7/h1-6,14H. The van der Waals surface area contributed by atoms with E-state index in [1.54, 1.807) is 0 Å². The number of nitro groups is 1. The Hall–Kier alpha value is -2.62. The van der Waals surface area contributed by atoms with E-state index in [2.05, 4.69) is 9.97 Å². The number of hydrogen-bond acceptors (Lipinski definition) is 6. The predicted molar refractivity (Wildman–Crippen MR) is 65.9 cm³/mol. The summed E-state index contributed by atoms with van der Waals surface area (Å²) >= 11 is 0. The van der Waals surface area contributed by atoms with Crippen molar-refractivity contribution in [1.82, 2.24) is 9.97 Å². The molecule has 0 bridgehead atoms. The summed E-state index contributed by atoms with van der Waals surface area (Å²) in [6.45, 7) is 0. The number of anilines is 1. The molecule has 1 aromatic heterocycles. The van der Waals surface area contributed by atoms with E-state index in [0.717, 1.165) is 30.6 Å². The molecule has 1 aromatic carbocycles. The highest BCUT2D eigenvalue weighted by atomic mass is 32.2. The summed E-state index contributed by atoms with van der Waals surface area (Å²) in [5.41, 5.74) is -1.11. The monoisotopic (exact) mass is 298 g/mol. The lowest BCUT2D eigenvalue weighted by atomic mass is 10.3. The third kappa shape index (κ3) is 2.69. The van der Waals surface area contributed by atoms with Gasteiger partial charge in [0.2, 0.25) is 5.82 Å². The van der Waals surface area contributed by atoms with E-state index in [-0.39, 0.29) is 5.69 Å². The van der Waals surface area contributed by atoms with Crippen LogP contribution in [0.25, 0.3) is 0 Å². The Kier molecular flexibility index (Phi) is 3.57. The lowest BCUT2D eigenvalue weighted by molar-refractivity contribution is -0.390. The van der Waals surface area contributed by atoms with Crippen LogP contribution in [0.3, 0.4) is 0 Å². The quantitative estimate of drug-likeness (QED) is 0.672. The van der Waals surface area contributed by atoms with Gasteiger partial charge < -0.3 is 0 Å². The van der Waals surface area contributed by atoms with Gasteiger partial charge in [0.25, 0.3) is 10.0 Å². The molecule has 0 spiro atoms. The molecule has 0 fully saturated rings. The van der Waals surface area contributed by atoms with Crippen LogP contribution in [0.1, 0.15) is 0 Å². The maximum Gasteiger partial charge on any atom is 0.325 e. The van der Waals surface area contributed by atoms with Gasteiger partial charge in [-0.1, -0.05) is 6.07 Å². The molecule has 2 rings (SSSR count). The van der Waals surface area contributed by atoms with E-state index in [0.29, 0.717) is 0 Å². The Morgan fingerprint density at radius 1 is 1.25 bits per heavy atom. The van der Waals surface area contributed by atoms with Crippen LogP contribution in [0.15, 0.2) is 41.8 Å². The molecule has 0 saturated carbocycles. The lowest BCUT2D eigenvalue weighted by Crippen LogP contribution is -2.15. The fourth-order valence-electron chi connectivity index (χ4n) is 1.45. The first-order valence-corrected chi connectivity index (χ1v) is 6.61. The smallest absolute Gasteiger partial charge is 0.276 e. The summed E-state index contributed by atoms with van der Waals surface area (Å²) in [5, 5.41) is 10.8. The minimum atomic E-state index is -4.32. The number of benzene rings is 1. The maximum atomic E-state index is 13.4. The third-order valence-corrected chi connectivity index (χ3v) is 3.65. The molecular formula is C10H7FN4O4S. The van der Waals surface area contributed by atoms with Crippen LogP contribution < -0.4 is 4.72 Å². The van der Waals surface area contributed by atoms with E-state index < -0.39 is 31.3 Å². The Balaban J connectivity index is 2.50. The van der Waals surface area contributed by atoms with Crippen LogP contribution in [0.4, 0.5) is 15.8 Å². The summed E-state index contributed by atoms with van der Waals surface area (Å²) in [5.74, 6) is -1.23. The predicted octanol–water partition coefficient (Wildman–Crippen LogP) is 1.32. The van der Waals surface area contributed by atoms with Gasteiger partial charge in [-0.3, -0.25) is 14.8 Å². The molecule has 2 aromatic rings. The molecule has 0 saturated heterocycles. The molecule has 1 heterocycles. The van der Waals surface area contributed by atoms with Crippen LogP contribution in [-0.2, 0) is 10.0 Å². The number of nitrogens with one attached hydrogen (secondary N) is 1. The van der Waals surface area contributed by atoms with E-state index in [9.17, 15) is 22.9 Å². The summed E-state index contributed by atoms with van der Waals surface area (Å²) in [6, 6.07) is 2.81. The van der Waals surface area contributed by atoms with Crippen LogP contribution in [0.5, 0.6) is 0 Å². The lowest BCUT2D eigenvalue weighted by Gasteiger charge is -2.07. The van der Waals surface area contributed by atoms with Gasteiger partial charge >= 0.3 is 5.69 Å². The van der Waals surface area contributed by atoms with Crippen molar-refractivity contribution in [2.24, 2.45) is 0 Å². The topological polar surface area (TPSA) is 115 Å². The normalized spacial score (nSPS) is 11.1. The average molecular weight is 298 g/mol. The van der Waals surface area contributed by atoms with Gasteiger partial charge in [-0.25, -0.2) is 18.4 Å². The van der Waals surface area contributed by atoms with Crippen LogP contribution in [0, 0.1) is 15.9 Å². The minimum Gasteiger partial charge on any atom is -0.276 e. The number of nitrogens with zero attached hydrogens (tertiary/aromatic N) is 3. The van der Waals surface area contributed by atoms with Crippen LogP contribution in [0.2, 0.25) is 0 Å². The number of hydrogen-bond donors (Lipinski definition) is 1. The number of halogens is 1. The van der Waals surface area contributed by atoms with Crippen molar-refractivity contribution in [2.45, 2.75) is 4.90 Å². The molecule has 0 aliphatic rings. The summed E-state index contributed by atoms with van der Waals surface area (Å²) in [6.07, 6.45) is 3.51. The number of nitro benzene ring substituents is 1. The molecule has 8 nitrogen and oxygen atoms in total. The Morgan fingerprint density at radius 2 is 1.90 bits per heavy atom. The molecule has 0 amide bonds. The molecule has 0 radical (unpaired) electrons. The Morgan fingerprint density at radius 3 is 2.50 bits per heavy atom. The molecule has 1 N–H and O–H groups in total. The maximum absolute atomic E-state index is 13.4. The van der Waals surface area contributed by atoms with Gasteiger partial charge in [-0.05, 0) is 12.1 Å². The highest BCUT2D eigenvalue weighted by Gasteiger charge is 2.29. The number of rotatable bonds is 4. The van der Waals surface area contributed by atoms with E-state index >= 15 is 0 Å². The van der Waals surface area contributed by atoms with Crippen molar-refractivity contribution in [2.75, 3.05) is 4.72 Å². The van der Waals surface area contributed by atoms with Gasteiger partial charge in [0.1, 0.15) is 6.33 Å². The fraction of sp³-hybridized carbons (Fsp3) is 0. The molecule has 0 unspecified atom stereocenters. The SMILES string of the molecule is O=[N+]([O-])c1c(F)cccc1S(=O)(=O)Nc1cncnc1. The van der Waals surface area contributed by atoms with Crippen molar-refractivity contribution < 1.29 is 17.7 Å². The van der Waals surface area contributed by atoms with Crippen molar-refractivity contribution in [3.8, 4) is 0 Å². The Labute approximate surface area is 112 Å². The van der Waals surface area contributed by atoms with Crippen molar-refractivity contribution in [3.05, 3.63) is 52.9 Å². The zero-order valence-electron chi connectivity index (χ0n) is 9.72. The van der Waals surface area contributed by atoms with Crippen molar-refractivity contribution >= 4 is 21.4 Å². The van der Waals surface area contributed by atoms with Gasteiger partial charge in [-0.15, -0.1) is 0 Å². The van der Waals surface area contributed by atoms with Crippen LogP contribution in [-0.4, -0.2) is 23.3 Å². The summed E-state index contributed by atoms with van der Waals surface area (Å²) in [4.78, 5) is 16.1. The molecule has 104 valence electrons. The molecule has 0 atom stereocenters. The second-order valence-corrected chi connectivity index (χ2v) is 5.23. The minimum absolute atomic E-state index is 0.00561. The first-order chi connectivity index (χ1) is 9.42. The zero-order valence-corrected chi connectivity index (χ0v) is 10.5. The summed E-state index contributed by atoms with van der Waals surface area (Å²) < 4.78 is 39.5. The van der Waals surface area contributed by atoms with E-state index in [1.807, 2.05) is 4.72 Å². The van der Waals surface area contributed by atoms with Crippen molar-refractivity contribution in [1.29, 1.82) is 0 Å². The average Bonchev–Trinajstić information content (AvgIpc) is 2.38. The first kappa shape index (κ1) is 13.8. The molecule has 10 heteroatoms. The number of sulfonamides is 1. The molecule has 0 aliphatic heterocycles. The van der Waals surface area contributed by atoms with E-state index in [1.165, 1.54) is 6.33 Å².